The summed E-state index contributed by atoms with van der Waals surface area (Å²) in [5.74, 6) is 2.70. The highest BCUT2D eigenvalue weighted by Crippen LogP contribution is 2.33. The Bertz CT molecular complexity index is 1060. The number of benzene rings is 2. The maximum Gasteiger partial charge on any atom is 0.224 e. The third kappa shape index (κ3) is 4.25. The Hall–Kier alpha value is -3.48. The molecule has 1 aliphatic rings. The second-order valence-electron chi connectivity index (χ2n) is 7.28. The molecule has 0 aliphatic carbocycles. The van der Waals surface area contributed by atoms with Crippen molar-refractivity contribution in [3.8, 4) is 28.6 Å². The predicted octanol–water partition coefficient (Wildman–Crippen LogP) is 3.54. The van der Waals surface area contributed by atoms with E-state index < -0.39 is 0 Å². The van der Waals surface area contributed by atoms with Gasteiger partial charge in [-0.3, -0.25) is 4.79 Å². The summed E-state index contributed by atoms with van der Waals surface area (Å²) < 4.78 is 21.7. The van der Waals surface area contributed by atoms with Gasteiger partial charge in [0, 0.05) is 18.1 Å². The summed E-state index contributed by atoms with van der Waals surface area (Å²) in [6.07, 6.45) is 1.31. The lowest BCUT2D eigenvalue weighted by molar-refractivity contribution is -0.120. The fourth-order valence-electron chi connectivity index (χ4n) is 3.53. The largest absolute Gasteiger partial charge is 0.493 e. The fourth-order valence-corrected chi connectivity index (χ4v) is 3.53. The number of aromatic nitrogens is 1. The van der Waals surface area contributed by atoms with Crippen LogP contribution in [0.5, 0.6) is 17.2 Å². The second-order valence-corrected chi connectivity index (χ2v) is 7.28. The second kappa shape index (κ2) is 8.49. The zero-order valence-corrected chi connectivity index (χ0v) is 17.2. The first-order chi connectivity index (χ1) is 14.6. The lowest BCUT2D eigenvalue weighted by Gasteiger charge is -2.09. The van der Waals surface area contributed by atoms with E-state index in [2.05, 4.69) is 23.5 Å². The van der Waals surface area contributed by atoms with E-state index in [1.807, 2.05) is 24.3 Å². The van der Waals surface area contributed by atoms with Gasteiger partial charge in [0.15, 0.2) is 17.3 Å². The molecular weight excluding hydrogens is 384 g/mol. The lowest BCUT2D eigenvalue weighted by atomic mass is 10.1. The highest BCUT2D eigenvalue weighted by atomic mass is 16.5. The fraction of sp³-hybridized carbons (Fsp3) is 0.304. The summed E-state index contributed by atoms with van der Waals surface area (Å²) in [7, 11) is 3.14. The highest BCUT2D eigenvalue weighted by molar-refractivity contribution is 5.78. The molecule has 1 amide bonds. The molecule has 7 heteroatoms. The number of ether oxygens (including phenoxy) is 3. The van der Waals surface area contributed by atoms with E-state index in [9.17, 15) is 4.79 Å². The number of nitrogens with zero attached hydrogens (tertiary/aromatic N) is 1. The van der Waals surface area contributed by atoms with Crippen molar-refractivity contribution in [3.05, 3.63) is 59.3 Å². The quantitative estimate of drug-likeness (QED) is 0.644. The molecule has 1 atom stereocenters. The summed E-state index contributed by atoms with van der Waals surface area (Å²) >= 11 is 0. The average Bonchev–Trinajstić information content (AvgIpc) is 3.37. The molecule has 0 saturated carbocycles. The van der Waals surface area contributed by atoms with Gasteiger partial charge in [-0.2, -0.15) is 0 Å². The molecule has 1 N–H and O–H groups in total. The molecule has 1 aliphatic heterocycles. The van der Waals surface area contributed by atoms with Crippen molar-refractivity contribution >= 4 is 5.91 Å². The van der Waals surface area contributed by atoms with Crippen molar-refractivity contribution in [1.29, 1.82) is 0 Å². The van der Waals surface area contributed by atoms with Gasteiger partial charge in [0.25, 0.3) is 0 Å². The molecule has 0 saturated heterocycles. The number of fused-ring (bicyclic) bond motifs is 1. The first kappa shape index (κ1) is 19.8. The van der Waals surface area contributed by atoms with Gasteiger partial charge in [-0.05, 0) is 48.4 Å². The minimum absolute atomic E-state index is 0.115. The molecule has 0 unspecified atom stereocenters. The molecule has 2 aromatic carbocycles. The van der Waals surface area contributed by atoms with Crippen LogP contribution in [0.1, 0.15) is 23.7 Å². The highest BCUT2D eigenvalue weighted by Gasteiger charge is 2.20. The summed E-state index contributed by atoms with van der Waals surface area (Å²) in [6, 6.07) is 13.3. The minimum Gasteiger partial charge on any atom is -0.493 e. The van der Waals surface area contributed by atoms with E-state index in [1.54, 1.807) is 26.4 Å². The number of amides is 1. The Kier molecular flexibility index (Phi) is 5.61. The van der Waals surface area contributed by atoms with Crippen molar-refractivity contribution in [2.24, 2.45) is 0 Å². The minimum atomic E-state index is -0.115. The Morgan fingerprint density at radius 2 is 1.97 bits per heavy atom. The smallest absolute Gasteiger partial charge is 0.224 e. The van der Waals surface area contributed by atoms with Gasteiger partial charge >= 0.3 is 0 Å². The molecule has 7 nitrogen and oxygen atoms in total. The Morgan fingerprint density at radius 1 is 1.13 bits per heavy atom. The number of methoxy groups -OCH3 is 2. The van der Waals surface area contributed by atoms with Crippen molar-refractivity contribution in [3.63, 3.8) is 0 Å². The molecule has 4 rings (SSSR count). The van der Waals surface area contributed by atoms with Gasteiger partial charge in [-0.1, -0.05) is 11.2 Å². The van der Waals surface area contributed by atoms with Gasteiger partial charge in [-0.25, -0.2) is 0 Å². The predicted molar refractivity (Wildman–Crippen MR) is 111 cm³/mol. The molecule has 1 aromatic heterocycles. The maximum absolute atomic E-state index is 12.3. The number of carbonyl (C=O) groups is 1. The van der Waals surface area contributed by atoms with Crippen molar-refractivity contribution in [2.75, 3.05) is 14.2 Å². The van der Waals surface area contributed by atoms with E-state index in [1.165, 1.54) is 5.56 Å². The van der Waals surface area contributed by atoms with Crippen LogP contribution in [-0.2, 0) is 24.2 Å². The van der Waals surface area contributed by atoms with Crippen LogP contribution < -0.4 is 19.5 Å². The first-order valence-electron chi connectivity index (χ1n) is 9.79. The molecule has 0 fully saturated rings. The van der Waals surface area contributed by atoms with E-state index in [4.69, 9.17) is 18.7 Å². The van der Waals surface area contributed by atoms with Crippen LogP contribution in [0.2, 0.25) is 0 Å². The van der Waals surface area contributed by atoms with E-state index in [0.717, 1.165) is 23.3 Å². The third-order valence-electron chi connectivity index (χ3n) is 5.02. The van der Waals surface area contributed by atoms with Crippen molar-refractivity contribution < 1.29 is 23.5 Å². The number of carbonyl (C=O) groups excluding carboxylic acids is 1. The number of hydrogen-bond acceptors (Lipinski definition) is 6. The number of rotatable bonds is 7. The maximum atomic E-state index is 12.3. The Balaban J connectivity index is 1.36. The monoisotopic (exact) mass is 408 g/mol. The van der Waals surface area contributed by atoms with Crippen LogP contribution in [0.25, 0.3) is 11.3 Å². The molecule has 0 radical (unpaired) electrons. The summed E-state index contributed by atoms with van der Waals surface area (Å²) in [6.45, 7) is 2.34. The molecule has 3 aromatic rings. The Labute approximate surface area is 174 Å². The molecule has 0 spiro atoms. The summed E-state index contributed by atoms with van der Waals surface area (Å²) in [4.78, 5) is 12.3. The van der Waals surface area contributed by atoms with Crippen LogP contribution in [0.4, 0.5) is 0 Å². The molecule has 156 valence electrons. The van der Waals surface area contributed by atoms with Crippen LogP contribution >= 0.6 is 0 Å². The van der Waals surface area contributed by atoms with E-state index >= 15 is 0 Å². The van der Waals surface area contributed by atoms with Crippen molar-refractivity contribution in [1.82, 2.24) is 10.5 Å². The van der Waals surface area contributed by atoms with Gasteiger partial charge in [-0.15, -0.1) is 0 Å². The van der Waals surface area contributed by atoms with Crippen LogP contribution in [-0.4, -0.2) is 31.4 Å². The molecule has 30 heavy (non-hydrogen) atoms. The summed E-state index contributed by atoms with van der Waals surface area (Å²) in [5.41, 5.74) is 3.61. The van der Waals surface area contributed by atoms with E-state index in [0.29, 0.717) is 29.5 Å². The topological polar surface area (TPSA) is 82.8 Å². The van der Waals surface area contributed by atoms with Crippen LogP contribution in [0.15, 0.2) is 47.0 Å². The van der Waals surface area contributed by atoms with Crippen LogP contribution in [0, 0.1) is 0 Å². The third-order valence-corrected chi connectivity index (χ3v) is 5.02. The Morgan fingerprint density at radius 3 is 2.77 bits per heavy atom. The zero-order valence-electron chi connectivity index (χ0n) is 17.2. The molecular formula is C23H24N2O5. The van der Waals surface area contributed by atoms with Gasteiger partial charge in [0.05, 0.1) is 27.2 Å². The normalized spacial score (nSPS) is 14.7. The average molecular weight is 408 g/mol. The molecule has 2 heterocycles. The lowest BCUT2D eigenvalue weighted by Crippen LogP contribution is -2.24. The molecule has 0 bridgehead atoms. The standard InChI is InChI=1S/C23H24N2O5/c1-14-8-17-11-16(5-7-19(17)29-14)21-12-18(25-30-21)13-24-23(26)10-15-4-6-20(27-2)22(9-15)28-3/h4-7,9,11-12,14H,8,10,13H2,1-3H3,(H,24,26)/t14-/m1/s1. The number of hydrogen-bond donors (Lipinski definition) is 1. The van der Waals surface area contributed by atoms with Gasteiger partial charge in [0.1, 0.15) is 17.5 Å². The van der Waals surface area contributed by atoms with Crippen molar-refractivity contribution in [2.45, 2.75) is 32.4 Å². The van der Waals surface area contributed by atoms with Crippen LogP contribution in [0.3, 0.4) is 0 Å². The van der Waals surface area contributed by atoms with Gasteiger partial charge < -0.3 is 24.1 Å². The number of nitrogens with one attached hydrogen (secondary N) is 1. The zero-order chi connectivity index (χ0) is 21.1. The summed E-state index contributed by atoms with van der Waals surface area (Å²) in [5, 5.41) is 6.94. The SMILES string of the molecule is COc1ccc(CC(=O)NCc2cc(-c3ccc4c(c3)C[C@@H](C)O4)on2)cc1OC. The first-order valence-corrected chi connectivity index (χ1v) is 9.79. The van der Waals surface area contributed by atoms with E-state index in [-0.39, 0.29) is 18.4 Å². The van der Waals surface area contributed by atoms with Gasteiger partial charge in [0.2, 0.25) is 5.91 Å².